The van der Waals surface area contributed by atoms with Crippen LogP contribution in [0.15, 0.2) is 42.5 Å². The third-order valence-corrected chi connectivity index (χ3v) is 3.89. The predicted octanol–water partition coefficient (Wildman–Crippen LogP) is 3.22. The maximum absolute atomic E-state index is 12.0. The van der Waals surface area contributed by atoms with Crippen molar-refractivity contribution in [3.05, 3.63) is 53.6 Å². The highest BCUT2D eigenvalue weighted by Crippen LogP contribution is 2.25. The maximum Gasteiger partial charge on any atom is 0.263 e. The van der Waals surface area contributed by atoms with Crippen LogP contribution in [-0.4, -0.2) is 34.9 Å². The summed E-state index contributed by atoms with van der Waals surface area (Å²) in [6.45, 7) is 0. The number of carbonyl (C=O) groups is 2. The van der Waals surface area contributed by atoms with Crippen molar-refractivity contribution in [1.29, 1.82) is 0 Å². The van der Waals surface area contributed by atoms with Crippen LogP contribution in [0, 0.1) is 0 Å². The van der Waals surface area contributed by atoms with E-state index in [2.05, 4.69) is 0 Å². The van der Waals surface area contributed by atoms with Crippen molar-refractivity contribution in [1.82, 2.24) is 4.31 Å². The lowest BCUT2D eigenvalue weighted by Crippen LogP contribution is -2.18. The van der Waals surface area contributed by atoms with Crippen molar-refractivity contribution >= 4 is 24.1 Å². The number of rotatable bonds is 4. The fourth-order valence-corrected chi connectivity index (χ4v) is 2.17. The molecule has 0 saturated carbocycles. The standard InChI is InChI=1S/C16H15NO3S/c1-17(21-2)16(20)12-5-3-11(4-6-12)13-7-8-15(19)14(9-13)10-18/h3-10,19H,1-2H3. The quantitative estimate of drug-likeness (QED) is 0.696. The molecule has 0 atom stereocenters. The molecule has 2 aromatic carbocycles. The zero-order valence-corrected chi connectivity index (χ0v) is 12.6. The molecule has 108 valence electrons. The van der Waals surface area contributed by atoms with Gasteiger partial charge < -0.3 is 5.11 Å². The maximum atomic E-state index is 12.0. The Bertz CT molecular complexity index is 668. The van der Waals surface area contributed by atoms with E-state index in [0.29, 0.717) is 11.8 Å². The summed E-state index contributed by atoms with van der Waals surface area (Å²) in [5.74, 6) is -0.101. The van der Waals surface area contributed by atoms with Crippen LogP contribution in [0.25, 0.3) is 11.1 Å². The van der Waals surface area contributed by atoms with Crippen LogP contribution in [0.1, 0.15) is 20.7 Å². The van der Waals surface area contributed by atoms with E-state index in [9.17, 15) is 14.7 Å². The first-order valence-corrected chi connectivity index (χ1v) is 7.45. The first kappa shape index (κ1) is 15.1. The number of amides is 1. The molecule has 0 aliphatic carbocycles. The second-order valence-electron chi connectivity index (χ2n) is 4.45. The Morgan fingerprint density at radius 2 is 1.76 bits per heavy atom. The minimum Gasteiger partial charge on any atom is -0.507 e. The second kappa shape index (κ2) is 6.45. The van der Waals surface area contributed by atoms with Crippen LogP contribution in [-0.2, 0) is 0 Å². The molecular formula is C16H15NO3S. The average molecular weight is 301 g/mol. The highest BCUT2D eigenvalue weighted by atomic mass is 32.2. The number of aldehydes is 1. The third-order valence-electron chi connectivity index (χ3n) is 3.18. The average Bonchev–Trinajstić information content (AvgIpc) is 2.54. The molecule has 0 fully saturated rings. The number of aromatic hydroxyl groups is 1. The van der Waals surface area contributed by atoms with Crippen molar-refractivity contribution in [2.75, 3.05) is 13.3 Å². The van der Waals surface area contributed by atoms with E-state index in [-0.39, 0.29) is 17.2 Å². The van der Waals surface area contributed by atoms with E-state index >= 15 is 0 Å². The van der Waals surface area contributed by atoms with Crippen molar-refractivity contribution in [2.45, 2.75) is 0 Å². The highest BCUT2D eigenvalue weighted by molar-refractivity contribution is 7.96. The second-order valence-corrected chi connectivity index (χ2v) is 5.37. The van der Waals surface area contributed by atoms with Gasteiger partial charge in [0.2, 0.25) is 0 Å². The number of hydrogen-bond donors (Lipinski definition) is 1. The molecule has 2 rings (SSSR count). The summed E-state index contributed by atoms with van der Waals surface area (Å²) in [4.78, 5) is 22.8. The van der Waals surface area contributed by atoms with Gasteiger partial charge in [0.15, 0.2) is 6.29 Å². The Kier molecular flexibility index (Phi) is 4.65. The largest absolute Gasteiger partial charge is 0.507 e. The monoisotopic (exact) mass is 301 g/mol. The fourth-order valence-electron chi connectivity index (χ4n) is 1.90. The molecule has 0 radical (unpaired) electrons. The number of nitrogens with zero attached hydrogens (tertiary/aromatic N) is 1. The minimum absolute atomic E-state index is 0.0397. The number of benzene rings is 2. The normalized spacial score (nSPS) is 10.2. The van der Waals surface area contributed by atoms with E-state index in [1.807, 2.05) is 18.4 Å². The number of phenolic OH excluding ortho intramolecular Hbond substituents is 1. The Balaban J connectivity index is 2.31. The molecule has 0 spiro atoms. The molecule has 1 amide bonds. The summed E-state index contributed by atoms with van der Waals surface area (Å²) in [5.41, 5.74) is 2.54. The smallest absolute Gasteiger partial charge is 0.263 e. The van der Waals surface area contributed by atoms with E-state index < -0.39 is 0 Å². The molecule has 0 heterocycles. The zero-order valence-electron chi connectivity index (χ0n) is 11.7. The molecular weight excluding hydrogens is 286 g/mol. The van der Waals surface area contributed by atoms with Gasteiger partial charge in [-0.1, -0.05) is 30.1 Å². The highest BCUT2D eigenvalue weighted by Gasteiger charge is 2.11. The molecule has 1 N–H and O–H groups in total. The van der Waals surface area contributed by atoms with Gasteiger partial charge in [-0.15, -0.1) is 0 Å². The van der Waals surface area contributed by atoms with Gasteiger partial charge in [0.25, 0.3) is 5.91 Å². The molecule has 0 bridgehead atoms. The molecule has 5 heteroatoms. The molecule has 0 aliphatic heterocycles. The van der Waals surface area contributed by atoms with Gasteiger partial charge in [-0.05, 0) is 35.4 Å². The van der Waals surface area contributed by atoms with E-state index in [1.54, 1.807) is 35.6 Å². The summed E-state index contributed by atoms with van der Waals surface area (Å²) in [6, 6.07) is 12.0. The molecule has 0 saturated heterocycles. The van der Waals surface area contributed by atoms with Crippen LogP contribution >= 0.6 is 11.9 Å². The number of hydrogen-bond acceptors (Lipinski definition) is 4. The van der Waals surface area contributed by atoms with Gasteiger partial charge in [0.05, 0.1) is 5.56 Å². The summed E-state index contributed by atoms with van der Waals surface area (Å²) in [7, 11) is 1.72. The lowest BCUT2D eigenvalue weighted by molar-refractivity contribution is 0.0892. The first-order chi connectivity index (χ1) is 10.1. The van der Waals surface area contributed by atoms with Gasteiger partial charge in [0, 0.05) is 18.9 Å². The van der Waals surface area contributed by atoms with Crippen LogP contribution in [0.3, 0.4) is 0 Å². The number of phenols is 1. The third kappa shape index (κ3) is 3.25. The minimum atomic E-state index is -0.0617. The molecule has 0 aromatic heterocycles. The molecule has 4 nitrogen and oxygen atoms in total. The Labute approximate surface area is 127 Å². The van der Waals surface area contributed by atoms with Crippen LogP contribution in [0.5, 0.6) is 5.75 Å². The topological polar surface area (TPSA) is 57.6 Å². The van der Waals surface area contributed by atoms with Gasteiger partial charge in [-0.3, -0.25) is 13.9 Å². The van der Waals surface area contributed by atoms with E-state index in [0.717, 1.165) is 11.1 Å². The van der Waals surface area contributed by atoms with Gasteiger partial charge >= 0.3 is 0 Å². The summed E-state index contributed by atoms with van der Waals surface area (Å²) >= 11 is 1.35. The van der Waals surface area contributed by atoms with Crippen LogP contribution in [0.2, 0.25) is 0 Å². The van der Waals surface area contributed by atoms with E-state index in [1.165, 1.54) is 18.0 Å². The van der Waals surface area contributed by atoms with Crippen molar-refractivity contribution in [3.63, 3.8) is 0 Å². The lowest BCUT2D eigenvalue weighted by atomic mass is 10.0. The van der Waals surface area contributed by atoms with Gasteiger partial charge in [-0.2, -0.15) is 0 Å². The van der Waals surface area contributed by atoms with Gasteiger partial charge in [-0.25, -0.2) is 0 Å². The Morgan fingerprint density at radius 1 is 1.14 bits per heavy atom. The molecule has 21 heavy (non-hydrogen) atoms. The Hall–Kier alpha value is -2.27. The first-order valence-electron chi connectivity index (χ1n) is 6.27. The van der Waals surface area contributed by atoms with Crippen molar-refractivity contribution < 1.29 is 14.7 Å². The predicted molar refractivity (Wildman–Crippen MR) is 84.5 cm³/mol. The summed E-state index contributed by atoms with van der Waals surface area (Å²) in [6.07, 6.45) is 2.45. The Morgan fingerprint density at radius 3 is 2.33 bits per heavy atom. The lowest BCUT2D eigenvalue weighted by Gasteiger charge is -2.13. The fraction of sp³-hybridized carbons (Fsp3) is 0.125. The van der Waals surface area contributed by atoms with Gasteiger partial charge in [0.1, 0.15) is 5.75 Å². The van der Waals surface area contributed by atoms with Crippen molar-refractivity contribution in [2.24, 2.45) is 0 Å². The van der Waals surface area contributed by atoms with Crippen LogP contribution in [0.4, 0.5) is 0 Å². The van der Waals surface area contributed by atoms with Crippen molar-refractivity contribution in [3.8, 4) is 16.9 Å². The SMILES string of the molecule is CSN(C)C(=O)c1ccc(-c2ccc(O)c(C=O)c2)cc1. The summed E-state index contributed by atoms with van der Waals surface area (Å²) < 4.78 is 1.56. The zero-order chi connectivity index (χ0) is 15.4. The van der Waals surface area contributed by atoms with Crippen LogP contribution < -0.4 is 0 Å². The molecule has 2 aromatic rings. The molecule has 0 unspecified atom stereocenters. The van der Waals surface area contributed by atoms with E-state index in [4.69, 9.17) is 0 Å². The number of carbonyl (C=O) groups excluding carboxylic acids is 2. The molecule has 0 aliphatic rings. The summed E-state index contributed by atoms with van der Waals surface area (Å²) in [5, 5.41) is 9.50.